The van der Waals surface area contributed by atoms with Gasteiger partial charge in [-0.1, -0.05) is 24.6 Å². The lowest BCUT2D eigenvalue weighted by molar-refractivity contribution is 0.144. The minimum atomic E-state index is -0.342. The molecule has 7 heteroatoms. The number of amides is 2. The van der Waals surface area contributed by atoms with Crippen molar-refractivity contribution >= 4 is 26.3 Å². The third-order valence-electron chi connectivity index (χ3n) is 7.36. The molecule has 1 saturated carbocycles. The van der Waals surface area contributed by atoms with Crippen LogP contribution in [0.2, 0.25) is 0 Å². The number of benzene rings is 2. The predicted molar refractivity (Wildman–Crippen MR) is 142 cm³/mol. The smallest absolute Gasteiger partial charge is 0.321 e. The highest BCUT2D eigenvalue weighted by molar-refractivity contribution is 7.27. The second-order valence-electron chi connectivity index (χ2n) is 9.96. The average Bonchev–Trinajstić information content (AvgIpc) is 3.38. The molecule has 0 bridgehead atoms. The van der Waals surface area contributed by atoms with Gasteiger partial charge in [0.2, 0.25) is 0 Å². The molecule has 5 nitrogen and oxygen atoms in total. The van der Waals surface area contributed by atoms with Gasteiger partial charge in [-0.05, 0) is 100 Å². The van der Waals surface area contributed by atoms with Gasteiger partial charge in [0.25, 0.3) is 0 Å². The van der Waals surface area contributed by atoms with Crippen LogP contribution >= 0.6 is 9.24 Å². The van der Waals surface area contributed by atoms with E-state index in [-0.39, 0.29) is 17.9 Å². The second kappa shape index (κ2) is 12.5. The molecule has 2 aliphatic rings. The summed E-state index contributed by atoms with van der Waals surface area (Å²) >= 11 is 0. The molecule has 3 unspecified atom stereocenters. The molecule has 2 aromatic rings. The zero-order valence-corrected chi connectivity index (χ0v) is 21.5. The van der Waals surface area contributed by atoms with Crippen LogP contribution in [0.15, 0.2) is 42.5 Å². The van der Waals surface area contributed by atoms with Crippen molar-refractivity contribution in [3.8, 4) is 6.07 Å². The fourth-order valence-electron chi connectivity index (χ4n) is 5.55. The maximum absolute atomic E-state index is 14.1. The van der Waals surface area contributed by atoms with Crippen molar-refractivity contribution in [2.45, 2.75) is 57.4 Å². The monoisotopic (exact) mass is 494 g/mol. The van der Waals surface area contributed by atoms with Crippen LogP contribution in [0.5, 0.6) is 0 Å². The molecule has 0 aromatic heterocycles. The first kappa shape index (κ1) is 25.6. The highest BCUT2D eigenvalue weighted by Crippen LogP contribution is 2.31. The summed E-state index contributed by atoms with van der Waals surface area (Å²) in [5, 5.41) is 12.7. The number of anilines is 1. The van der Waals surface area contributed by atoms with Gasteiger partial charge in [0.05, 0.1) is 11.6 Å². The average molecular weight is 495 g/mol. The number of rotatable bonds is 8. The Morgan fingerprint density at radius 2 is 2.00 bits per heavy atom. The van der Waals surface area contributed by atoms with E-state index in [0.717, 1.165) is 58.2 Å². The Balaban J connectivity index is 1.43. The molecule has 3 atom stereocenters. The first-order valence-electron chi connectivity index (χ1n) is 12.9. The number of carbonyl (C=O) groups is 1. The molecule has 4 rings (SSSR count). The van der Waals surface area contributed by atoms with Crippen LogP contribution in [0.3, 0.4) is 0 Å². The summed E-state index contributed by atoms with van der Waals surface area (Å²) in [7, 11) is 2.37. The van der Waals surface area contributed by atoms with Crippen LogP contribution in [0.25, 0.3) is 0 Å². The summed E-state index contributed by atoms with van der Waals surface area (Å²) in [6, 6.07) is 14.9. The van der Waals surface area contributed by atoms with E-state index in [9.17, 15) is 14.4 Å². The lowest BCUT2D eigenvalue weighted by Crippen LogP contribution is -2.46. The first-order valence-corrected chi connectivity index (χ1v) is 13.4. The molecular formula is C28H36FN4OP. The van der Waals surface area contributed by atoms with E-state index < -0.39 is 0 Å². The number of nitrogens with zero attached hydrogens (tertiary/aromatic N) is 3. The summed E-state index contributed by atoms with van der Waals surface area (Å²) in [6.07, 6.45) is 8.56. The van der Waals surface area contributed by atoms with Gasteiger partial charge >= 0.3 is 6.03 Å². The van der Waals surface area contributed by atoms with Gasteiger partial charge < -0.3 is 15.1 Å². The quantitative estimate of drug-likeness (QED) is 0.506. The molecule has 0 spiro atoms. The molecule has 1 saturated heterocycles. The Morgan fingerprint density at radius 3 is 2.77 bits per heavy atom. The van der Waals surface area contributed by atoms with Crippen molar-refractivity contribution < 1.29 is 9.18 Å². The highest BCUT2D eigenvalue weighted by atomic mass is 31.0. The maximum Gasteiger partial charge on any atom is 0.322 e. The molecule has 0 radical (unpaired) electrons. The summed E-state index contributed by atoms with van der Waals surface area (Å²) in [6.45, 7) is 4.02. The van der Waals surface area contributed by atoms with E-state index in [1.54, 1.807) is 12.1 Å². The normalized spacial score (nSPS) is 20.4. The molecule has 2 fully saturated rings. The molecule has 1 heterocycles. The molecule has 1 N–H and O–H groups in total. The van der Waals surface area contributed by atoms with Crippen molar-refractivity contribution in [2.24, 2.45) is 5.92 Å². The first-order chi connectivity index (χ1) is 17.0. The fraction of sp³-hybridized carbons (Fsp3) is 0.500. The lowest BCUT2D eigenvalue weighted by Gasteiger charge is -2.38. The number of halogens is 1. The van der Waals surface area contributed by atoms with Gasteiger partial charge in [0.1, 0.15) is 5.82 Å². The number of likely N-dealkylation sites (tertiary alicyclic amines) is 1. The summed E-state index contributed by atoms with van der Waals surface area (Å²) in [5.74, 6) is 0.135. The Labute approximate surface area is 210 Å². The summed E-state index contributed by atoms with van der Waals surface area (Å²) < 4.78 is 14.1. The third-order valence-corrected chi connectivity index (χ3v) is 7.83. The Morgan fingerprint density at radius 1 is 1.17 bits per heavy atom. The number of nitriles is 1. The van der Waals surface area contributed by atoms with E-state index >= 15 is 0 Å². The van der Waals surface area contributed by atoms with Gasteiger partial charge in [-0.2, -0.15) is 5.26 Å². The molecule has 1 aliphatic carbocycles. The van der Waals surface area contributed by atoms with E-state index in [1.165, 1.54) is 24.5 Å². The molecule has 186 valence electrons. The Hall–Kier alpha value is -2.48. The van der Waals surface area contributed by atoms with Crippen LogP contribution in [0.1, 0.15) is 56.1 Å². The number of nitrogens with one attached hydrogen (secondary N) is 1. The maximum atomic E-state index is 14.1. The number of hydrogen-bond acceptors (Lipinski definition) is 3. The van der Waals surface area contributed by atoms with Crippen molar-refractivity contribution in [3.05, 3.63) is 59.4 Å². The topological polar surface area (TPSA) is 59.4 Å². The third kappa shape index (κ3) is 7.26. The van der Waals surface area contributed by atoms with Crippen molar-refractivity contribution in [1.82, 2.24) is 9.80 Å². The van der Waals surface area contributed by atoms with Gasteiger partial charge in [-0.25, -0.2) is 9.18 Å². The van der Waals surface area contributed by atoms with Gasteiger partial charge in [0.15, 0.2) is 0 Å². The van der Waals surface area contributed by atoms with Gasteiger partial charge in [0, 0.05) is 23.6 Å². The SMILES string of the molecule is N#Cc1cccc(CC2CCCC(N(CCCN3CCCC3)C(=O)Nc3ccc(P)c(F)c3)C2)c1. The predicted octanol–water partition coefficient (Wildman–Crippen LogP) is 5.32. The number of hydrogen-bond donors (Lipinski definition) is 1. The van der Waals surface area contributed by atoms with Crippen LogP contribution < -0.4 is 10.6 Å². The van der Waals surface area contributed by atoms with Gasteiger partial charge in [-0.15, -0.1) is 9.24 Å². The highest BCUT2D eigenvalue weighted by Gasteiger charge is 2.30. The molecular weight excluding hydrogens is 458 g/mol. The largest absolute Gasteiger partial charge is 0.322 e. The van der Waals surface area contributed by atoms with E-state index in [4.69, 9.17) is 0 Å². The van der Waals surface area contributed by atoms with Crippen LogP contribution in [-0.4, -0.2) is 48.1 Å². The van der Waals surface area contributed by atoms with E-state index in [2.05, 4.69) is 31.6 Å². The standard InChI is InChI=1S/C28H36FN4OP/c29-26-19-24(10-11-27(26)35)31-28(34)33(15-5-14-32-12-1-2-13-32)25-9-4-7-22(18-25)16-21-6-3-8-23(17-21)20-30/h3,6,8,10-11,17,19,22,25H,1-2,4-5,7,9,12-16,18,35H2,(H,31,34). The lowest BCUT2D eigenvalue weighted by atomic mass is 9.81. The van der Waals surface area contributed by atoms with Crippen molar-refractivity contribution in [2.75, 3.05) is 31.5 Å². The number of urea groups is 1. The van der Waals surface area contributed by atoms with Crippen molar-refractivity contribution in [1.29, 1.82) is 5.26 Å². The van der Waals surface area contributed by atoms with Crippen LogP contribution in [0.4, 0.5) is 14.9 Å². The van der Waals surface area contributed by atoms with E-state index in [1.807, 2.05) is 23.1 Å². The molecule has 2 aromatic carbocycles. The molecule has 1 aliphatic heterocycles. The van der Waals surface area contributed by atoms with Crippen LogP contribution in [0, 0.1) is 23.1 Å². The zero-order chi connectivity index (χ0) is 24.6. The Kier molecular flexibility index (Phi) is 9.12. The zero-order valence-electron chi connectivity index (χ0n) is 20.4. The second-order valence-corrected chi connectivity index (χ2v) is 10.6. The molecule has 2 amide bonds. The van der Waals surface area contributed by atoms with Crippen LogP contribution in [-0.2, 0) is 6.42 Å². The number of carbonyl (C=O) groups excluding carboxylic acids is 1. The minimum Gasteiger partial charge on any atom is -0.321 e. The minimum absolute atomic E-state index is 0.139. The van der Waals surface area contributed by atoms with E-state index in [0.29, 0.717) is 29.0 Å². The summed E-state index contributed by atoms with van der Waals surface area (Å²) in [4.78, 5) is 17.9. The molecule has 35 heavy (non-hydrogen) atoms. The Bertz CT molecular complexity index is 1050. The fourth-order valence-corrected chi connectivity index (χ4v) is 5.73. The van der Waals surface area contributed by atoms with Crippen molar-refractivity contribution in [3.63, 3.8) is 0 Å². The summed E-state index contributed by atoms with van der Waals surface area (Å²) in [5.41, 5.74) is 2.37. The van der Waals surface area contributed by atoms with Gasteiger partial charge in [-0.3, -0.25) is 0 Å².